The minimum atomic E-state index is 0.421. The molecule has 0 fully saturated rings. The van der Waals surface area contributed by atoms with Crippen LogP contribution in [0.4, 0.5) is 0 Å². The van der Waals surface area contributed by atoms with Gasteiger partial charge in [0.15, 0.2) is 0 Å². The number of hydrogen-bond acceptors (Lipinski definition) is 4. The average Bonchev–Trinajstić information content (AvgIpc) is 2.74. The van der Waals surface area contributed by atoms with Gasteiger partial charge in [-0.3, -0.25) is 9.88 Å². The number of pyridine rings is 1. The molecule has 1 aliphatic heterocycles. The van der Waals surface area contributed by atoms with Crippen LogP contribution in [0.15, 0.2) is 28.8 Å². The third-order valence-electron chi connectivity index (χ3n) is 3.08. The topological polar surface area (TPSA) is 42.2 Å². The van der Waals surface area contributed by atoms with Gasteiger partial charge in [0, 0.05) is 18.7 Å². The molecule has 0 N–H and O–H groups in total. The molecule has 2 aromatic rings. The molecule has 1 unspecified atom stereocenters. The van der Waals surface area contributed by atoms with E-state index in [-0.39, 0.29) is 0 Å². The smallest absolute Gasteiger partial charge is 0.245 e. The normalized spacial score (nSPS) is 20.2. The van der Waals surface area contributed by atoms with Crippen molar-refractivity contribution in [1.29, 1.82) is 0 Å². The predicted octanol–water partition coefficient (Wildman–Crippen LogP) is 2.29. The summed E-state index contributed by atoms with van der Waals surface area (Å²) in [5, 5.41) is 0. The lowest BCUT2D eigenvalue weighted by Gasteiger charge is -2.24. The van der Waals surface area contributed by atoms with Crippen LogP contribution in [0.5, 0.6) is 0 Å². The molecule has 1 aliphatic rings. The standard InChI is InChI=1S/C13H15N3O/c1-9-7-16(2)8-11-12(9)15-13(17-11)10-5-3-4-6-14-10/h3-6,9H,7-8H2,1-2H3. The van der Waals surface area contributed by atoms with E-state index < -0.39 is 0 Å². The largest absolute Gasteiger partial charge is 0.438 e. The first-order valence-corrected chi connectivity index (χ1v) is 5.83. The van der Waals surface area contributed by atoms with E-state index in [9.17, 15) is 0 Å². The molecule has 0 saturated heterocycles. The van der Waals surface area contributed by atoms with Gasteiger partial charge in [-0.2, -0.15) is 0 Å². The molecule has 0 bridgehead atoms. The lowest BCUT2D eigenvalue weighted by atomic mass is 10.0. The van der Waals surface area contributed by atoms with E-state index in [1.807, 2.05) is 18.2 Å². The Morgan fingerprint density at radius 2 is 2.29 bits per heavy atom. The van der Waals surface area contributed by atoms with Gasteiger partial charge in [0.1, 0.15) is 11.5 Å². The number of nitrogens with zero attached hydrogens (tertiary/aromatic N) is 3. The number of likely N-dealkylation sites (N-methyl/N-ethyl adjacent to an activating group) is 1. The van der Waals surface area contributed by atoms with Crippen molar-refractivity contribution in [2.24, 2.45) is 0 Å². The highest BCUT2D eigenvalue weighted by Gasteiger charge is 2.26. The first-order chi connectivity index (χ1) is 8.24. The fraction of sp³-hybridized carbons (Fsp3) is 0.385. The second-order valence-electron chi connectivity index (χ2n) is 4.64. The van der Waals surface area contributed by atoms with E-state index in [2.05, 4.69) is 28.8 Å². The van der Waals surface area contributed by atoms with Crippen LogP contribution in [0.25, 0.3) is 11.6 Å². The lowest BCUT2D eigenvalue weighted by Crippen LogP contribution is -2.28. The molecule has 0 radical (unpaired) electrons. The highest BCUT2D eigenvalue weighted by Crippen LogP contribution is 2.30. The molecular formula is C13H15N3O. The Balaban J connectivity index is 2.03. The number of rotatable bonds is 1. The van der Waals surface area contributed by atoms with Crippen molar-refractivity contribution >= 4 is 0 Å². The Bertz CT molecular complexity index is 521. The molecule has 0 amide bonds. The van der Waals surface area contributed by atoms with Crippen molar-refractivity contribution in [3.63, 3.8) is 0 Å². The maximum absolute atomic E-state index is 5.82. The first kappa shape index (κ1) is 10.5. The number of aromatic nitrogens is 2. The maximum atomic E-state index is 5.82. The molecular weight excluding hydrogens is 214 g/mol. The van der Waals surface area contributed by atoms with Crippen molar-refractivity contribution in [3.8, 4) is 11.6 Å². The average molecular weight is 229 g/mol. The molecule has 4 heteroatoms. The summed E-state index contributed by atoms with van der Waals surface area (Å²) in [4.78, 5) is 11.1. The van der Waals surface area contributed by atoms with Gasteiger partial charge >= 0.3 is 0 Å². The van der Waals surface area contributed by atoms with Crippen LogP contribution < -0.4 is 0 Å². The van der Waals surface area contributed by atoms with Crippen LogP contribution in [0.3, 0.4) is 0 Å². The quantitative estimate of drug-likeness (QED) is 0.752. The van der Waals surface area contributed by atoms with Crippen LogP contribution in [0, 0.1) is 0 Å². The highest BCUT2D eigenvalue weighted by molar-refractivity contribution is 5.47. The maximum Gasteiger partial charge on any atom is 0.245 e. The minimum absolute atomic E-state index is 0.421. The third-order valence-corrected chi connectivity index (χ3v) is 3.08. The number of hydrogen-bond donors (Lipinski definition) is 0. The zero-order valence-corrected chi connectivity index (χ0v) is 10.1. The molecule has 0 aromatic carbocycles. The second-order valence-corrected chi connectivity index (χ2v) is 4.64. The summed E-state index contributed by atoms with van der Waals surface area (Å²) in [6.45, 7) is 4.04. The summed E-state index contributed by atoms with van der Waals surface area (Å²) in [7, 11) is 2.10. The van der Waals surface area contributed by atoms with E-state index in [1.165, 1.54) is 0 Å². The molecule has 3 heterocycles. The van der Waals surface area contributed by atoms with Crippen LogP contribution >= 0.6 is 0 Å². The Kier molecular flexibility index (Phi) is 2.44. The molecule has 4 nitrogen and oxygen atoms in total. The van der Waals surface area contributed by atoms with Crippen molar-refractivity contribution in [2.45, 2.75) is 19.4 Å². The Labute approximate surface area is 100 Å². The van der Waals surface area contributed by atoms with Crippen molar-refractivity contribution < 1.29 is 4.42 Å². The summed E-state index contributed by atoms with van der Waals surface area (Å²) in [5.74, 6) is 2.04. The van der Waals surface area contributed by atoms with Crippen LogP contribution in [-0.4, -0.2) is 28.5 Å². The molecule has 17 heavy (non-hydrogen) atoms. The fourth-order valence-corrected chi connectivity index (χ4v) is 2.32. The molecule has 3 rings (SSSR count). The van der Waals surface area contributed by atoms with Gasteiger partial charge in [-0.05, 0) is 19.2 Å². The van der Waals surface area contributed by atoms with Gasteiger partial charge < -0.3 is 4.42 Å². The van der Waals surface area contributed by atoms with Crippen molar-refractivity contribution in [3.05, 3.63) is 35.9 Å². The number of fused-ring (bicyclic) bond motifs is 1. The third kappa shape index (κ3) is 1.85. The van der Waals surface area contributed by atoms with Crippen LogP contribution in [0.2, 0.25) is 0 Å². The number of oxazole rings is 1. The van der Waals surface area contributed by atoms with Crippen molar-refractivity contribution in [1.82, 2.24) is 14.9 Å². The molecule has 1 atom stereocenters. The van der Waals surface area contributed by atoms with Gasteiger partial charge in [0.05, 0.1) is 12.2 Å². The van der Waals surface area contributed by atoms with Crippen molar-refractivity contribution in [2.75, 3.05) is 13.6 Å². The second kappa shape index (κ2) is 3.96. The summed E-state index contributed by atoms with van der Waals surface area (Å²) in [6.07, 6.45) is 1.76. The molecule has 2 aromatic heterocycles. The van der Waals surface area contributed by atoms with Gasteiger partial charge in [-0.15, -0.1) is 0 Å². The van der Waals surface area contributed by atoms with Crippen LogP contribution in [-0.2, 0) is 6.54 Å². The predicted molar refractivity (Wildman–Crippen MR) is 64.5 cm³/mol. The minimum Gasteiger partial charge on any atom is -0.438 e. The van der Waals surface area contributed by atoms with E-state index in [0.29, 0.717) is 11.8 Å². The zero-order valence-electron chi connectivity index (χ0n) is 10.1. The summed E-state index contributed by atoms with van der Waals surface area (Å²) < 4.78 is 5.82. The highest BCUT2D eigenvalue weighted by atomic mass is 16.4. The zero-order chi connectivity index (χ0) is 11.8. The molecule has 0 spiro atoms. The molecule has 0 aliphatic carbocycles. The first-order valence-electron chi connectivity index (χ1n) is 5.83. The van der Waals surface area contributed by atoms with Gasteiger partial charge in [-0.25, -0.2) is 4.98 Å². The van der Waals surface area contributed by atoms with E-state index in [4.69, 9.17) is 4.42 Å². The van der Waals surface area contributed by atoms with Gasteiger partial charge in [-0.1, -0.05) is 13.0 Å². The van der Waals surface area contributed by atoms with Crippen LogP contribution in [0.1, 0.15) is 24.3 Å². The van der Waals surface area contributed by atoms with E-state index >= 15 is 0 Å². The van der Waals surface area contributed by atoms with E-state index in [1.54, 1.807) is 6.20 Å². The summed E-state index contributed by atoms with van der Waals surface area (Å²) >= 11 is 0. The lowest BCUT2D eigenvalue weighted by molar-refractivity contribution is 0.257. The SMILES string of the molecule is CC1CN(C)Cc2oc(-c3ccccn3)nc21. The van der Waals surface area contributed by atoms with Gasteiger partial charge in [0.25, 0.3) is 0 Å². The summed E-state index contributed by atoms with van der Waals surface area (Å²) in [5.41, 5.74) is 1.89. The summed E-state index contributed by atoms with van der Waals surface area (Å²) in [6, 6.07) is 5.76. The Morgan fingerprint density at radius 3 is 3.06 bits per heavy atom. The Morgan fingerprint density at radius 1 is 1.41 bits per heavy atom. The molecule has 0 saturated carbocycles. The molecule has 88 valence electrons. The van der Waals surface area contributed by atoms with Gasteiger partial charge in [0.2, 0.25) is 5.89 Å². The van der Waals surface area contributed by atoms with E-state index in [0.717, 1.165) is 30.2 Å². The fourth-order valence-electron chi connectivity index (χ4n) is 2.32. The monoisotopic (exact) mass is 229 g/mol. The Hall–Kier alpha value is -1.68.